The average molecular weight is 530 g/mol. The van der Waals surface area contributed by atoms with Crippen LogP contribution in [0.15, 0.2) is 40.9 Å². The number of carbonyl (C=O) groups excluding carboxylic acids is 2. The third-order valence-electron chi connectivity index (χ3n) is 6.71. The first-order valence-electron chi connectivity index (χ1n) is 12.3. The summed E-state index contributed by atoms with van der Waals surface area (Å²) in [5.74, 6) is 0.404. The van der Waals surface area contributed by atoms with Gasteiger partial charge in [0.2, 0.25) is 5.91 Å². The Morgan fingerprint density at radius 2 is 1.71 bits per heavy atom. The van der Waals surface area contributed by atoms with Crippen LogP contribution in [-0.2, 0) is 16.1 Å². The van der Waals surface area contributed by atoms with E-state index in [2.05, 4.69) is 21.2 Å². The average Bonchev–Trinajstić information content (AvgIpc) is 2.82. The van der Waals surface area contributed by atoms with E-state index >= 15 is 0 Å². The molecule has 0 saturated heterocycles. The number of hydrogen-bond acceptors (Lipinski definition) is 3. The summed E-state index contributed by atoms with van der Waals surface area (Å²) in [4.78, 5) is 28.5. The topological polar surface area (TPSA) is 58.6 Å². The van der Waals surface area contributed by atoms with E-state index in [0.29, 0.717) is 18.7 Å². The standard InChI is InChI=1S/C28H37BrN2O3/c1-5-25(28(33)30-23-13-7-6-8-14-23)31(17-22-12-10-9-11-19(22)2)26(32)18-34-24-15-20(3)27(29)21(4)16-24/h9-12,15-16,23,25H,5-8,13-14,17-18H2,1-4H3,(H,30,33)/t25-/m0/s1. The molecule has 2 amide bonds. The molecule has 1 saturated carbocycles. The first-order chi connectivity index (χ1) is 16.3. The molecule has 0 heterocycles. The number of halogens is 1. The Bertz CT molecular complexity index is 978. The fourth-order valence-corrected chi connectivity index (χ4v) is 4.88. The summed E-state index contributed by atoms with van der Waals surface area (Å²) in [5.41, 5.74) is 4.24. The fourth-order valence-electron chi connectivity index (χ4n) is 4.65. The van der Waals surface area contributed by atoms with Gasteiger partial charge in [-0.3, -0.25) is 9.59 Å². The van der Waals surface area contributed by atoms with Crippen LogP contribution in [-0.4, -0.2) is 35.4 Å². The Morgan fingerprint density at radius 1 is 1.06 bits per heavy atom. The molecule has 34 heavy (non-hydrogen) atoms. The first-order valence-corrected chi connectivity index (χ1v) is 13.1. The minimum atomic E-state index is -0.536. The third kappa shape index (κ3) is 6.84. The molecule has 0 aliphatic heterocycles. The van der Waals surface area contributed by atoms with Crippen LogP contribution in [0.4, 0.5) is 0 Å². The first kappa shape index (κ1) is 26.3. The van der Waals surface area contributed by atoms with Gasteiger partial charge in [0.1, 0.15) is 11.8 Å². The lowest BCUT2D eigenvalue weighted by Gasteiger charge is -2.33. The van der Waals surface area contributed by atoms with Crippen LogP contribution in [0.25, 0.3) is 0 Å². The highest BCUT2D eigenvalue weighted by atomic mass is 79.9. The smallest absolute Gasteiger partial charge is 0.261 e. The SMILES string of the molecule is CC[C@@H](C(=O)NC1CCCCC1)N(Cc1ccccc1C)C(=O)COc1cc(C)c(Br)c(C)c1. The highest BCUT2D eigenvalue weighted by Gasteiger charge is 2.30. The highest BCUT2D eigenvalue weighted by molar-refractivity contribution is 9.10. The van der Waals surface area contributed by atoms with Crippen molar-refractivity contribution in [2.45, 2.75) is 84.8 Å². The third-order valence-corrected chi connectivity index (χ3v) is 7.96. The van der Waals surface area contributed by atoms with Gasteiger partial charge in [-0.1, -0.05) is 66.4 Å². The Balaban J connectivity index is 1.79. The number of carbonyl (C=O) groups is 2. The van der Waals surface area contributed by atoms with E-state index in [4.69, 9.17) is 4.74 Å². The predicted molar refractivity (Wildman–Crippen MR) is 140 cm³/mol. The molecule has 5 nitrogen and oxygen atoms in total. The molecule has 1 atom stereocenters. The normalized spacial score (nSPS) is 15.0. The van der Waals surface area contributed by atoms with Crippen molar-refractivity contribution >= 4 is 27.7 Å². The van der Waals surface area contributed by atoms with Gasteiger partial charge in [-0.15, -0.1) is 0 Å². The van der Waals surface area contributed by atoms with Crippen molar-refractivity contribution in [3.8, 4) is 5.75 Å². The lowest BCUT2D eigenvalue weighted by atomic mass is 9.95. The maximum Gasteiger partial charge on any atom is 0.261 e. The van der Waals surface area contributed by atoms with Crippen molar-refractivity contribution in [2.24, 2.45) is 0 Å². The van der Waals surface area contributed by atoms with Crippen LogP contribution in [0, 0.1) is 20.8 Å². The summed E-state index contributed by atoms with van der Waals surface area (Å²) in [6, 6.07) is 11.5. The molecule has 1 N–H and O–H groups in total. The zero-order valence-corrected chi connectivity index (χ0v) is 22.4. The summed E-state index contributed by atoms with van der Waals surface area (Å²) in [7, 11) is 0. The minimum Gasteiger partial charge on any atom is -0.484 e. The van der Waals surface area contributed by atoms with Crippen LogP contribution < -0.4 is 10.1 Å². The molecule has 1 aliphatic rings. The second kappa shape index (κ2) is 12.4. The predicted octanol–water partition coefficient (Wildman–Crippen LogP) is 6.01. The molecule has 0 bridgehead atoms. The zero-order chi connectivity index (χ0) is 24.7. The molecule has 2 aromatic rings. The van der Waals surface area contributed by atoms with Gasteiger partial charge in [0.15, 0.2) is 6.61 Å². The molecule has 0 aromatic heterocycles. The number of ether oxygens (including phenoxy) is 1. The second-order valence-corrected chi connectivity index (χ2v) is 10.2. The van der Waals surface area contributed by atoms with Crippen LogP contribution in [0.3, 0.4) is 0 Å². The lowest BCUT2D eigenvalue weighted by Crippen LogP contribution is -2.52. The van der Waals surface area contributed by atoms with Crippen molar-refractivity contribution in [3.05, 3.63) is 63.1 Å². The van der Waals surface area contributed by atoms with Crippen LogP contribution in [0.5, 0.6) is 5.75 Å². The zero-order valence-electron chi connectivity index (χ0n) is 20.8. The molecule has 0 spiro atoms. The minimum absolute atomic E-state index is 0.0633. The summed E-state index contributed by atoms with van der Waals surface area (Å²) < 4.78 is 6.95. The molecule has 1 aliphatic carbocycles. The van der Waals surface area contributed by atoms with E-state index in [1.165, 1.54) is 6.42 Å². The number of hydrogen-bond donors (Lipinski definition) is 1. The van der Waals surface area contributed by atoms with Gasteiger partial charge in [0, 0.05) is 17.1 Å². The quantitative estimate of drug-likeness (QED) is 0.433. The summed E-state index contributed by atoms with van der Waals surface area (Å²) >= 11 is 3.57. The maximum atomic E-state index is 13.5. The monoisotopic (exact) mass is 528 g/mol. The van der Waals surface area contributed by atoms with Gasteiger partial charge >= 0.3 is 0 Å². The number of rotatable bonds is 9. The van der Waals surface area contributed by atoms with Crippen molar-refractivity contribution < 1.29 is 14.3 Å². The van der Waals surface area contributed by atoms with E-state index in [1.54, 1.807) is 4.90 Å². The van der Waals surface area contributed by atoms with Gasteiger partial charge in [0.25, 0.3) is 5.91 Å². The Labute approximate surface area is 212 Å². The second-order valence-electron chi connectivity index (χ2n) is 9.38. The molecule has 6 heteroatoms. The molecular weight excluding hydrogens is 492 g/mol. The number of benzene rings is 2. The molecule has 0 unspecified atom stereocenters. The van der Waals surface area contributed by atoms with Crippen molar-refractivity contribution in [2.75, 3.05) is 6.61 Å². The Morgan fingerprint density at radius 3 is 2.32 bits per heavy atom. The van der Waals surface area contributed by atoms with E-state index < -0.39 is 6.04 Å². The Hall–Kier alpha value is -2.34. The number of aryl methyl sites for hydroxylation is 3. The van der Waals surface area contributed by atoms with Crippen LogP contribution >= 0.6 is 15.9 Å². The van der Waals surface area contributed by atoms with Crippen LogP contribution in [0.2, 0.25) is 0 Å². The van der Waals surface area contributed by atoms with Crippen molar-refractivity contribution in [1.82, 2.24) is 10.2 Å². The molecule has 3 rings (SSSR count). The number of nitrogens with one attached hydrogen (secondary N) is 1. The van der Waals surface area contributed by atoms with Crippen LogP contribution in [0.1, 0.15) is 67.7 Å². The maximum absolute atomic E-state index is 13.5. The van der Waals surface area contributed by atoms with Crippen molar-refractivity contribution in [1.29, 1.82) is 0 Å². The van der Waals surface area contributed by atoms with Crippen molar-refractivity contribution in [3.63, 3.8) is 0 Å². The molecule has 1 fully saturated rings. The largest absolute Gasteiger partial charge is 0.484 e. The molecule has 184 valence electrons. The fraction of sp³-hybridized carbons (Fsp3) is 0.500. The Kier molecular flexibility index (Phi) is 9.57. The van der Waals surface area contributed by atoms with E-state index in [9.17, 15) is 9.59 Å². The summed E-state index contributed by atoms with van der Waals surface area (Å²) in [6.07, 6.45) is 6.10. The number of amides is 2. The number of nitrogens with zero attached hydrogens (tertiary/aromatic N) is 1. The summed E-state index contributed by atoms with van der Waals surface area (Å²) in [6.45, 7) is 8.26. The highest BCUT2D eigenvalue weighted by Crippen LogP contribution is 2.26. The molecule has 0 radical (unpaired) electrons. The molecule has 2 aromatic carbocycles. The lowest BCUT2D eigenvalue weighted by molar-refractivity contribution is -0.143. The van der Waals surface area contributed by atoms with Gasteiger partial charge in [-0.05, 0) is 74.4 Å². The van der Waals surface area contributed by atoms with E-state index in [0.717, 1.165) is 52.4 Å². The summed E-state index contributed by atoms with van der Waals surface area (Å²) in [5, 5.41) is 3.22. The van der Waals surface area contributed by atoms with Gasteiger partial charge in [0.05, 0.1) is 0 Å². The van der Waals surface area contributed by atoms with E-state index in [-0.39, 0.29) is 24.5 Å². The van der Waals surface area contributed by atoms with E-state index in [1.807, 2.05) is 64.1 Å². The van der Waals surface area contributed by atoms with Gasteiger partial charge < -0.3 is 15.0 Å². The van der Waals surface area contributed by atoms with Gasteiger partial charge in [-0.25, -0.2) is 0 Å². The molecular formula is C28H37BrN2O3. The van der Waals surface area contributed by atoms with Gasteiger partial charge in [-0.2, -0.15) is 0 Å².